The highest BCUT2D eigenvalue weighted by Crippen LogP contribution is 2.41. The normalized spacial score (nSPS) is 12.4. The monoisotopic (exact) mass is 485 g/mol. The van der Waals surface area contributed by atoms with E-state index in [9.17, 15) is 0 Å². The Bertz CT molecular complexity index is 1330. The zero-order chi connectivity index (χ0) is 27.0. The van der Waals surface area contributed by atoms with E-state index in [1.165, 1.54) is 38.9 Å². The first kappa shape index (κ1) is 27.0. The summed E-state index contributed by atoms with van der Waals surface area (Å²) in [4.78, 5) is 4.69. The van der Waals surface area contributed by atoms with Crippen LogP contribution in [0.5, 0.6) is 0 Å². The van der Waals surface area contributed by atoms with Crippen LogP contribution in [0.4, 0.5) is 0 Å². The number of hydrogen-bond acceptors (Lipinski definition) is 1. The van der Waals surface area contributed by atoms with Gasteiger partial charge in [-0.25, -0.2) is 0 Å². The Balaban J connectivity index is 1.84. The summed E-state index contributed by atoms with van der Waals surface area (Å²) in [5.41, 5.74) is 11.7. The van der Waals surface area contributed by atoms with Gasteiger partial charge in [0.2, 0.25) is 0 Å². The highest BCUT2D eigenvalue weighted by molar-refractivity contribution is 6.40. The molecule has 188 valence electrons. The van der Waals surface area contributed by atoms with Gasteiger partial charge >= 0.3 is 0 Å². The molecule has 1 heterocycles. The summed E-state index contributed by atoms with van der Waals surface area (Å²) in [7, 11) is 4.70. The van der Waals surface area contributed by atoms with Gasteiger partial charge < -0.3 is 0 Å². The topological polar surface area (TPSA) is 12.9 Å². The fraction of sp³-hybridized carbons (Fsp3) is 0.324. The lowest BCUT2D eigenvalue weighted by molar-refractivity contribution is 0.358. The first-order valence-electron chi connectivity index (χ1n) is 13.7. The number of nitrogens with zero attached hydrogens (tertiary/aromatic N) is 1. The van der Waals surface area contributed by atoms with Crippen molar-refractivity contribution in [2.75, 3.05) is 0 Å². The maximum Gasteiger partial charge on any atom is 0.105 e. The molecule has 0 aliphatic rings. The quantitative estimate of drug-likeness (QED) is 0.254. The Kier molecular flexibility index (Phi) is 7.56. The van der Waals surface area contributed by atoms with Gasteiger partial charge in [-0.05, 0) is 62.8 Å². The van der Waals surface area contributed by atoms with E-state index in [0.717, 1.165) is 11.3 Å². The molecule has 1 aromatic heterocycles. The van der Waals surface area contributed by atoms with E-state index in [1.807, 2.05) is 6.20 Å². The zero-order valence-corrected chi connectivity index (χ0v) is 24.2. The molecule has 0 fully saturated rings. The minimum atomic E-state index is 0.0966. The lowest BCUT2D eigenvalue weighted by Crippen LogP contribution is -2.41. The van der Waals surface area contributed by atoms with E-state index < -0.39 is 0 Å². The maximum absolute atomic E-state index is 4.69. The molecule has 0 saturated heterocycles. The lowest BCUT2D eigenvalue weighted by atomic mass is 9.41. The summed E-state index contributed by atoms with van der Waals surface area (Å²) in [5, 5.41) is 0.0966. The van der Waals surface area contributed by atoms with Crippen molar-refractivity contribution in [2.24, 2.45) is 5.41 Å². The molecule has 3 aromatic carbocycles. The first-order valence-corrected chi connectivity index (χ1v) is 13.7. The Hall–Kier alpha value is -3.06. The number of rotatable bonds is 6. The van der Waals surface area contributed by atoms with Gasteiger partial charge in [0, 0.05) is 11.8 Å². The third kappa shape index (κ3) is 5.47. The van der Waals surface area contributed by atoms with Gasteiger partial charge in [-0.2, -0.15) is 0 Å². The predicted octanol–water partition coefficient (Wildman–Crippen LogP) is 7.79. The van der Waals surface area contributed by atoms with Gasteiger partial charge in [-0.1, -0.05) is 126 Å². The van der Waals surface area contributed by atoms with Crippen molar-refractivity contribution in [3.05, 3.63) is 102 Å². The van der Waals surface area contributed by atoms with Crippen molar-refractivity contribution in [3.63, 3.8) is 0 Å². The van der Waals surface area contributed by atoms with Crippen LogP contribution in [-0.4, -0.2) is 20.7 Å². The Morgan fingerprint density at radius 1 is 0.622 bits per heavy atom. The molecule has 0 aliphatic carbocycles. The second-order valence-electron chi connectivity index (χ2n) is 12.6. The van der Waals surface area contributed by atoms with Crippen LogP contribution in [0.25, 0.3) is 33.5 Å². The Morgan fingerprint density at radius 3 is 1.70 bits per heavy atom. The minimum absolute atomic E-state index is 0.0966. The zero-order valence-electron chi connectivity index (χ0n) is 24.2. The van der Waals surface area contributed by atoms with Gasteiger partial charge in [0.25, 0.3) is 0 Å². The van der Waals surface area contributed by atoms with E-state index in [4.69, 9.17) is 4.98 Å². The van der Waals surface area contributed by atoms with Gasteiger partial charge in [-0.15, -0.1) is 0 Å². The van der Waals surface area contributed by atoms with Gasteiger partial charge in [-0.3, -0.25) is 4.98 Å². The summed E-state index contributed by atoms with van der Waals surface area (Å²) in [6.07, 6.45) is 1.95. The van der Waals surface area contributed by atoms with Crippen molar-refractivity contribution >= 4 is 15.7 Å². The van der Waals surface area contributed by atoms with Crippen molar-refractivity contribution in [2.45, 2.75) is 65.5 Å². The SMILES string of the molecule is BC(B)(c1ccc(-c2cc(C(C)C)c(-c3ccnc(-c4ccccc4)c3)c(C(C)C)c2)cc1)C(C)(C)C. The van der Waals surface area contributed by atoms with Crippen LogP contribution >= 0.6 is 0 Å². The molecule has 0 bridgehead atoms. The van der Waals surface area contributed by atoms with E-state index in [-0.39, 0.29) is 10.6 Å². The van der Waals surface area contributed by atoms with Crippen LogP contribution in [0, 0.1) is 5.41 Å². The summed E-state index contributed by atoms with van der Waals surface area (Å²) >= 11 is 0. The standard InChI is InChI=1S/C34H41B2N/c1-22(2)29-19-27(24-13-15-28(16-14-24)34(35,36)33(5,6)7)20-30(23(3)4)32(29)26-17-18-37-31(21-26)25-11-9-8-10-12-25/h8-23H,35-36H2,1-7H3. The Morgan fingerprint density at radius 2 is 1.19 bits per heavy atom. The second-order valence-corrected chi connectivity index (χ2v) is 12.6. The average molecular weight is 485 g/mol. The molecule has 0 saturated carbocycles. The van der Waals surface area contributed by atoms with Crippen LogP contribution < -0.4 is 0 Å². The highest BCUT2D eigenvalue weighted by Gasteiger charge is 2.34. The smallest absolute Gasteiger partial charge is 0.105 e. The van der Waals surface area contributed by atoms with E-state index in [1.54, 1.807) is 0 Å². The van der Waals surface area contributed by atoms with Crippen LogP contribution in [0.3, 0.4) is 0 Å². The number of benzene rings is 3. The Labute approximate surface area is 226 Å². The first-order chi connectivity index (χ1) is 17.4. The molecular weight excluding hydrogens is 444 g/mol. The second kappa shape index (κ2) is 10.4. The molecule has 0 aliphatic heterocycles. The summed E-state index contributed by atoms with van der Waals surface area (Å²) in [6, 6.07) is 29.0. The number of aromatic nitrogens is 1. The van der Waals surface area contributed by atoms with E-state index in [0.29, 0.717) is 11.8 Å². The summed E-state index contributed by atoms with van der Waals surface area (Å²) < 4.78 is 0. The minimum Gasteiger partial charge on any atom is -0.256 e. The third-order valence-corrected chi connectivity index (χ3v) is 8.38. The molecule has 3 heteroatoms. The van der Waals surface area contributed by atoms with Crippen LogP contribution in [0.1, 0.15) is 77.0 Å². The molecule has 37 heavy (non-hydrogen) atoms. The molecule has 0 radical (unpaired) electrons. The predicted molar refractivity (Wildman–Crippen MR) is 167 cm³/mol. The van der Waals surface area contributed by atoms with E-state index in [2.05, 4.69) is 143 Å². The molecular formula is C34H41B2N. The maximum atomic E-state index is 4.69. The van der Waals surface area contributed by atoms with Crippen molar-refractivity contribution < 1.29 is 0 Å². The van der Waals surface area contributed by atoms with Gasteiger partial charge in [0.1, 0.15) is 15.7 Å². The fourth-order valence-electron chi connectivity index (χ4n) is 4.96. The third-order valence-electron chi connectivity index (χ3n) is 8.38. The lowest BCUT2D eigenvalue weighted by Gasteiger charge is -2.40. The average Bonchev–Trinajstić information content (AvgIpc) is 2.88. The molecule has 0 spiro atoms. The molecule has 0 amide bonds. The van der Waals surface area contributed by atoms with Crippen LogP contribution in [0.2, 0.25) is 0 Å². The van der Waals surface area contributed by atoms with Crippen molar-refractivity contribution in [1.29, 1.82) is 0 Å². The van der Waals surface area contributed by atoms with Crippen molar-refractivity contribution in [1.82, 2.24) is 4.98 Å². The molecule has 4 aromatic rings. The fourth-order valence-corrected chi connectivity index (χ4v) is 4.96. The largest absolute Gasteiger partial charge is 0.256 e. The summed E-state index contributed by atoms with van der Waals surface area (Å²) in [6.45, 7) is 16.2. The van der Waals surface area contributed by atoms with Crippen LogP contribution in [0.15, 0.2) is 85.1 Å². The molecule has 0 unspecified atom stereocenters. The van der Waals surface area contributed by atoms with Crippen molar-refractivity contribution in [3.8, 4) is 33.5 Å². The number of pyridine rings is 1. The molecule has 0 N–H and O–H groups in total. The molecule has 4 rings (SSSR count). The number of hydrogen-bond donors (Lipinski definition) is 0. The molecule has 1 nitrogen and oxygen atoms in total. The molecule has 0 atom stereocenters. The van der Waals surface area contributed by atoms with Gasteiger partial charge in [0.15, 0.2) is 0 Å². The van der Waals surface area contributed by atoms with E-state index >= 15 is 0 Å². The summed E-state index contributed by atoms with van der Waals surface area (Å²) in [5.74, 6) is 0.805. The van der Waals surface area contributed by atoms with Gasteiger partial charge in [0.05, 0.1) is 5.69 Å². The highest BCUT2D eigenvalue weighted by atomic mass is 14.7. The van der Waals surface area contributed by atoms with Crippen LogP contribution in [-0.2, 0) is 5.21 Å².